The molecule has 0 aliphatic rings. The zero-order chi connectivity index (χ0) is 22.3. The fourth-order valence-corrected chi connectivity index (χ4v) is 3.25. The van der Waals surface area contributed by atoms with Crippen LogP contribution in [0.25, 0.3) is 10.8 Å². The first-order valence-corrected chi connectivity index (χ1v) is 10.1. The van der Waals surface area contributed by atoms with Crippen LogP contribution in [-0.4, -0.2) is 19.2 Å². The van der Waals surface area contributed by atoms with Crippen LogP contribution in [0, 0.1) is 0 Å². The summed E-state index contributed by atoms with van der Waals surface area (Å²) in [5, 5.41) is 3.45. The van der Waals surface area contributed by atoms with Gasteiger partial charge < -0.3 is 9.47 Å². The first-order chi connectivity index (χ1) is 15.6. The third kappa shape index (κ3) is 4.87. The Kier molecular flexibility index (Phi) is 6.32. The Morgan fingerprint density at radius 2 is 1.50 bits per heavy atom. The molecular formula is C26H22N2O4. The highest BCUT2D eigenvalue weighted by atomic mass is 16.6. The summed E-state index contributed by atoms with van der Waals surface area (Å²) in [7, 11) is 1.32. The first-order valence-electron chi connectivity index (χ1n) is 10.1. The van der Waals surface area contributed by atoms with E-state index in [0.717, 1.165) is 22.0 Å². The van der Waals surface area contributed by atoms with Crippen molar-refractivity contribution in [3.63, 3.8) is 0 Å². The predicted octanol–water partition coefficient (Wildman–Crippen LogP) is 5.80. The number of hydrogen-bond acceptors (Lipinski definition) is 5. The molecule has 0 radical (unpaired) electrons. The van der Waals surface area contributed by atoms with E-state index in [1.165, 1.54) is 12.1 Å². The molecule has 160 valence electrons. The number of nitrogens with zero attached hydrogens (tertiary/aromatic N) is 1. The molecule has 0 saturated carbocycles. The summed E-state index contributed by atoms with van der Waals surface area (Å²) in [6.45, 7) is 0.135. The van der Waals surface area contributed by atoms with Gasteiger partial charge in [0.1, 0.15) is 6.61 Å². The van der Waals surface area contributed by atoms with Gasteiger partial charge in [0.15, 0.2) is 0 Å². The molecule has 0 saturated heterocycles. The van der Waals surface area contributed by atoms with E-state index in [0.29, 0.717) is 11.3 Å². The van der Waals surface area contributed by atoms with E-state index in [-0.39, 0.29) is 6.61 Å². The third-order valence-electron chi connectivity index (χ3n) is 4.92. The van der Waals surface area contributed by atoms with E-state index in [1.807, 2.05) is 72.8 Å². The van der Waals surface area contributed by atoms with E-state index >= 15 is 0 Å². The average Bonchev–Trinajstić information content (AvgIpc) is 2.86. The number of fused-ring (bicyclic) bond motifs is 1. The second-order valence-electron chi connectivity index (χ2n) is 7.09. The number of hydrogen-bond donors (Lipinski definition) is 1. The Labute approximate surface area is 186 Å². The molecule has 0 heterocycles. The number of benzene rings is 4. The van der Waals surface area contributed by atoms with Gasteiger partial charge >= 0.3 is 12.1 Å². The molecule has 32 heavy (non-hydrogen) atoms. The summed E-state index contributed by atoms with van der Waals surface area (Å²) >= 11 is 0. The molecule has 4 rings (SSSR count). The first kappa shape index (κ1) is 20.9. The Morgan fingerprint density at radius 1 is 0.812 bits per heavy atom. The summed E-state index contributed by atoms with van der Waals surface area (Å²) in [6.07, 6.45) is -0.576. The minimum Gasteiger partial charge on any atom is -0.465 e. The lowest BCUT2D eigenvalue weighted by Gasteiger charge is -2.24. The molecule has 0 bridgehead atoms. The molecule has 0 atom stereocenters. The second kappa shape index (κ2) is 9.66. The Morgan fingerprint density at radius 3 is 2.22 bits per heavy atom. The van der Waals surface area contributed by atoms with Crippen molar-refractivity contribution in [2.45, 2.75) is 6.61 Å². The zero-order valence-electron chi connectivity index (χ0n) is 17.5. The van der Waals surface area contributed by atoms with Crippen LogP contribution in [0.1, 0.15) is 15.9 Å². The zero-order valence-corrected chi connectivity index (χ0v) is 17.5. The molecule has 0 aliphatic carbocycles. The van der Waals surface area contributed by atoms with Crippen molar-refractivity contribution in [3.8, 4) is 0 Å². The Bertz CT molecular complexity index is 1220. The highest BCUT2D eigenvalue weighted by Gasteiger charge is 2.19. The van der Waals surface area contributed by atoms with Crippen LogP contribution in [0.2, 0.25) is 0 Å². The van der Waals surface area contributed by atoms with Crippen molar-refractivity contribution in [2.24, 2.45) is 0 Å². The fraction of sp³-hybridized carbons (Fsp3) is 0.0769. The number of carbonyl (C=O) groups is 2. The third-order valence-corrected chi connectivity index (χ3v) is 4.92. The molecule has 0 aromatic heterocycles. The van der Waals surface area contributed by atoms with Gasteiger partial charge in [0.2, 0.25) is 0 Å². The van der Waals surface area contributed by atoms with Crippen molar-refractivity contribution in [3.05, 3.63) is 108 Å². The van der Waals surface area contributed by atoms with Crippen LogP contribution in [0.3, 0.4) is 0 Å². The van der Waals surface area contributed by atoms with Crippen LogP contribution in [-0.2, 0) is 16.1 Å². The Balaban J connectivity index is 1.60. The molecule has 6 nitrogen and oxygen atoms in total. The number of ether oxygens (including phenoxy) is 2. The fourth-order valence-electron chi connectivity index (χ4n) is 3.25. The standard InChI is InChI=1S/C26H22N2O4/c1-31-25(29)21-12-15-24(16-13-21)28(26(30)32-18-19-7-3-2-4-8-19)27-23-14-11-20-9-5-6-10-22(20)17-23/h2-17,27H,18H2,1H3. The van der Waals surface area contributed by atoms with E-state index < -0.39 is 12.1 Å². The van der Waals surface area contributed by atoms with Crippen LogP contribution in [0.15, 0.2) is 97.1 Å². The van der Waals surface area contributed by atoms with Gasteiger partial charge in [-0.2, -0.15) is 5.01 Å². The predicted molar refractivity (Wildman–Crippen MR) is 124 cm³/mol. The average molecular weight is 426 g/mol. The smallest absolute Gasteiger partial charge is 0.433 e. The second-order valence-corrected chi connectivity index (χ2v) is 7.09. The molecular weight excluding hydrogens is 404 g/mol. The van der Waals surface area contributed by atoms with Gasteiger partial charge in [0, 0.05) is 0 Å². The van der Waals surface area contributed by atoms with Crippen LogP contribution < -0.4 is 10.4 Å². The molecule has 1 N–H and O–H groups in total. The lowest BCUT2D eigenvalue weighted by Crippen LogP contribution is -2.36. The number of rotatable bonds is 6. The van der Waals surface area contributed by atoms with Crippen LogP contribution in [0.4, 0.5) is 16.2 Å². The number of methoxy groups -OCH3 is 1. The van der Waals surface area contributed by atoms with Crippen molar-refractivity contribution < 1.29 is 19.1 Å². The minimum atomic E-state index is -0.576. The van der Waals surface area contributed by atoms with Gasteiger partial charge in [-0.15, -0.1) is 0 Å². The number of nitrogens with one attached hydrogen (secondary N) is 1. The minimum absolute atomic E-state index is 0.135. The van der Waals surface area contributed by atoms with E-state index in [2.05, 4.69) is 5.43 Å². The normalized spacial score (nSPS) is 10.4. The van der Waals surface area contributed by atoms with E-state index in [9.17, 15) is 9.59 Å². The number of amides is 1. The highest BCUT2D eigenvalue weighted by molar-refractivity contribution is 5.94. The SMILES string of the molecule is COC(=O)c1ccc(N(Nc2ccc3ccccc3c2)C(=O)OCc2ccccc2)cc1. The monoisotopic (exact) mass is 426 g/mol. The van der Waals surface area contributed by atoms with Crippen molar-refractivity contribution in [1.29, 1.82) is 0 Å². The van der Waals surface area contributed by atoms with Crippen LogP contribution in [0.5, 0.6) is 0 Å². The van der Waals surface area contributed by atoms with E-state index in [1.54, 1.807) is 24.3 Å². The summed E-state index contributed by atoms with van der Waals surface area (Å²) in [5.74, 6) is -0.447. The maximum atomic E-state index is 13.0. The quantitative estimate of drug-likeness (QED) is 0.312. The van der Waals surface area contributed by atoms with Crippen molar-refractivity contribution >= 4 is 34.2 Å². The molecule has 0 fully saturated rings. The highest BCUT2D eigenvalue weighted by Crippen LogP contribution is 2.23. The maximum absolute atomic E-state index is 13.0. The van der Waals surface area contributed by atoms with Gasteiger partial charge in [0.25, 0.3) is 0 Å². The van der Waals surface area contributed by atoms with E-state index in [4.69, 9.17) is 9.47 Å². The lowest BCUT2D eigenvalue weighted by atomic mass is 10.1. The lowest BCUT2D eigenvalue weighted by molar-refractivity contribution is 0.0600. The van der Waals surface area contributed by atoms with Gasteiger partial charge in [-0.1, -0.05) is 60.7 Å². The number of anilines is 2. The molecule has 1 amide bonds. The molecule has 4 aromatic rings. The van der Waals surface area contributed by atoms with Crippen molar-refractivity contribution in [1.82, 2.24) is 0 Å². The number of hydrazine groups is 1. The maximum Gasteiger partial charge on any atom is 0.433 e. The summed E-state index contributed by atoms with van der Waals surface area (Å²) in [5.41, 5.74) is 5.64. The largest absolute Gasteiger partial charge is 0.465 e. The van der Waals surface area contributed by atoms with Gasteiger partial charge in [-0.25, -0.2) is 9.59 Å². The topological polar surface area (TPSA) is 67.9 Å². The summed E-state index contributed by atoms with van der Waals surface area (Å²) < 4.78 is 10.3. The molecule has 6 heteroatoms. The van der Waals surface area contributed by atoms with Gasteiger partial charge in [-0.3, -0.25) is 5.43 Å². The molecule has 0 aliphatic heterocycles. The van der Waals surface area contributed by atoms with Crippen LogP contribution >= 0.6 is 0 Å². The summed E-state index contributed by atoms with van der Waals surface area (Å²) in [4.78, 5) is 24.8. The molecule has 0 spiro atoms. The molecule has 4 aromatic carbocycles. The van der Waals surface area contributed by atoms with Gasteiger partial charge in [-0.05, 0) is 52.7 Å². The van der Waals surface area contributed by atoms with Crippen molar-refractivity contribution in [2.75, 3.05) is 17.5 Å². The summed E-state index contributed by atoms with van der Waals surface area (Å²) in [6, 6.07) is 29.8. The molecule has 0 unspecified atom stereocenters. The number of carbonyl (C=O) groups excluding carboxylic acids is 2. The van der Waals surface area contributed by atoms with Gasteiger partial charge in [0.05, 0.1) is 24.0 Å². The Hall–Kier alpha value is -4.32. The number of esters is 1.